The van der Waals surface area contributed by atoms with Gasteiger partial charge in [-0.2, -0.15) is 0 Å². The fraction of sp³-hybridized carbons (Fsp3) is 0.538. The first kappa shape index (κ1) is 11.9. The summed E-state index contributed by atoms with van der Waals surface area (Å²) in [6.45, 7) is 2.12. The molecule has 92 valence electrons. The van der Waals surface area contributed by atoms with Gasteiger partial charge in [-0.05, 0) is 31.9 Å². The van der Waals surface area contributed by atoms with Crippen LogP contribution in [0.3, 0.4) is 0 Å². The van der Waals surface area contributed by atoms with E-state index in [4.69, 9.17) is 0 Å². The van der Waals surface area contributed by atoms with Crippen LogP contribution in [0.25, 0.3) is 0 Å². The van der Waals surface area contributed by atoms with Crippen LogP contribution in [-0.4, -0.2) is 23.5 Å². The zero-order valence-corrected chi connectivity index (χ0v) is 10.4. The van der Waals surface area contributed by atoms with Gasteiger partial charge in [0.05, 0.1) is 5.56 Å². The second-order valence-electron chi connectivity index (χ2n) is 4.87. The molecule has 0 unspecified atom stereocenters. The SMILES string of the molecule is CNc1ncccc1C(=O)NC1(C)CCCC1. The van der Waals surface area contributed by atoms with E-state index >= 15 is 0 Å². The van der Waals surface area contributed by atoms with E-state index in [2.05, 4.69) is 22.5 Å². The number of carbonyl (C=O) groups excluding carboxylic acids is 1. The Kier molecular flexibility index (Phi) is 3.31. The van der Waals surface area contributed by atoms with Gasteiger partial charge < -0.3 is 10.6 Å². The van der Waals surface area contributed by atoms with Crippen molar-refractivity contribution >= 4 is 11.7 Å². The molecule has 0 saturated heterocycles. The van der Waals surface area contributed by atoms with E-state index in [1.807, 2.05) is 0 Å². The second kappa shape index (κ2) is 4.73. The number of anilines is 1. The third-order valence-corrected chi connectivity index (χ3v) is 3.41. The Labute approximate surface area is 102 Å². The largest absolute Gasteiger partial charge is 0.372 e. The van der Waals surface area contributed by atoms with E-state index in [9.17, 15) is 4.79 Å². The number of carbonyl (C=O) groups is 1. The highest BCUT2D eigenvalue weighted by Crippen LogP contribution is 2.29. The molecule has 2 N–H and O–H groups in total. The summed E-state index contributed by atoms with van der Waals surface area (Å²) >= 11 is 0. The van der Waals surface area contributed by atoms with Gasteiger partial charge in [0.1, 0.15) is 5.82 Å². The lowest BCUT2D eigenvalue weighted by Crippen LogP contribution is -2.43. The zero-order valence-electron chi connectivity index (χ0n) is 10.4. The normalized spacial score (nSPS) is 17.8. The van der Waals surface area contributed by atoms with E-state index < -0.39 is 0 Å². The zero-order chi connectivity index (χ0) is 12.3. The maximum Gasteiger partial charge on any atom is 0.255 e. The molecular weight excluding hydrogens is 214 g/mol. The first-order valence-corrected chi connectivity index (χ1v) is 6.10. The molecule has 0 aromatic carbocycles. The van der Waals surface area contributed by atoms with Crippen molar-refractivity contribution in [1.29, 1.82) is 0 Å². The number of nitrogens with zero attached hydrogens (tertiary/aromatic N) is 1. The highest BCUT2D eigenvalue weighted by atomic mass is 16.1. The van der Waals surface area contributed by atoms with Gasteiger partial charge in [0.25, 0.3) is 5.91 Å². The minimum Gasteiger partial charge on any atom is -0.372 e. The molecule has 1 aliphatic rings. The van der Waals surface area contributed by atoms with Crippen LogP contribution in [0.2, 0.25) is 0 Å². The molecule has 4 heteroatoms. The molecule has 2 rings (SSSR count). The van der Waals surface area contributed by atoms with E-state index in [1.165, 1.54) is 12.8 Å². The van der Waals surface area contributed by atoms with Gasteiger partial charge in [-0.25, -0.2) is 4.98 Å². The van der Waals surface area contributed by atoms with Gasteiger partial charge in [-0.15, -0.1) is 0 Å². The lowest BCUT2D eigenvalue weighted by atomic mass is 10.00. The number of hydrogen-bond donors (Lipinski definition) is 2. The van der Waals surface area contributed by atoms with Crippen molar-refractivity contribution in [2.45, 2.75) is 38.1 Å². The summed E-state index contributed by atoms with van der Waals surface area (Å²) in [4.78, 5) is 16.3. The summed E-state index contributed by atoms with van der Waals surface area (Å²) in [7, 11) is 1.77. The maximum absolute atomic E-state index is 12.2. The Morgan fingerprint density at radius 3 is 2.76 bits per heavy atom. The van der Waals surface area contributed by atoms with Gasteiger partial charge in [0.2, 0.25) is 0 Å². The Balaban J connectivity index is 2.14. The van der Waals surface area contributed by atoms with Crippen LogP contribution in [0.15, 0.2) is 18.3 Å². The average molecular weight is 233 g/mol. The fourth-order valence-electron chi connectivity index (χ4n) is 2.41. The van der Waals surface area contributed by atoms with E-state index in [0.717, 1.165) is 12.8 Å². The molecule has 0 radical (unpaired) electrons. The van der Waals surface area contributed by atoms with Gasteiger partial charge in [-0.1, -0.05) is 12.8 Å². The molecule has 0 spiro atoms. The lowest BCUT2D eigenvalue weighted by Gasteiger charge is -2.25. The summed E-state index contributed by atoms with van der Waals surface area (Å²) in [6.07, 6.45) is 6.20. The van der Waals surface area contributed by atoms with Crippen molar-refractivity contribution in [3.05, 3.63) is 23.9 Å². The van der Waals surface area contributed by atoms with Gasteiger partial charge >= 0.3 is 0 Å². The van der Waals surface area contributed by atoms with Gasteiger partial charge in [0, 0.05) is 18.8 Å². The van der Waals surface area contributed by atoms with E-state index in [1.54, 1.807) is 25.4 Å². The summed E-state index contributed by atoms with van der Waals surface area (Å²) in [5, 5.41) is 6.07. The van der Waals surface area contributed by atoms with Crippen LogP contribution in [0.4, 0.5) is 5.82 Å². The summed E-state index contributed by atoms with van der Waals surface area (Å²) in [6, 6.07) is 3.58. The van der Waals surface area contributed by atoms with Crippen molar-refractivity contribution in [1.82, 2.24) is 10.3 Å². The topological polar surface area (TPSA) is 54.0 Å². The molecule has 1 aromatic heterocycles. The van der Waals surface area contributed by atoms with Crippen molar-refractivity contribution in [3.8, 4) is 0 Å². The highest BCUT2D eigenvalue weighted by Gasteiger charge is 2.30. The third kappa shape index (κ3) is 2.57. The predicted octanol–water partition coefficient (Wildman–Crippen LogP) is 2.19. The first-order valence-electron chi connectivity index (χ1n) is 6.10. The highest BCUT2D eigenvalue weighted by molar-refractivity contribution is 5.99. The van der Waals surface area contributed by atoms with E-state index in [0.29, 0.717) is 11.4 Å². The first-order chi connectivity index (χ1) is 8.14. The molecule has 1 aromatic rings. The summed E-state index contributed by atoms with van der Waals surface area (Å²) < 4.78 is 0. The smallest absolute Gasteiger partial charge is 0.255 e. The summed E-state index contributed by atoms with van der Waals surface area (Å²) in [5.74, 6) is 0.596. The quantitative estimate of drug-likeness (QED) is 0.841. The van der Waals surface area contributed by atoms with Crippen LogP contribution in [0, 0.1) is 0 Å². The number of aromatic nitrogens is 1. The number of pyridine rings is 1. The number of amides is 1. The Morgan fingerprint density at radius 2 is 2.12 bits per heavy atom. The average Bonchev–Trinajstić information content (AvgIpc) is 2.75. The van der Waals surface area contributed by atoms with Crippen LogP contribution in [-0.2, 0) is 0 Å². The minimum atomic E-state index is -0.0437. The number of hydrogen-bond acceptors (Lipinski definition) is 3. The number of rotatable bonds is 3. The lowest BCUT2D eigenvalue weighted by molar-refractivity contribution is 0.0908. The third-order valence-electron chi connectivity index (χ3n) is 3.41. The number of nitrogens with one attached hydrogen (secondary N) is 2. The molecule has 0 bridgehead atoms. The molecule has 17 heavy (non-hydrogen) atoms. The van der Waals surface area contributed by atoms with Crippen molar-refractivity contribution in [2.24, 2.45) is 0 Å². The minimum absolute atomic E-state index is 0.0353. The Bertz CT molecular complexity index is 411. The predicted molar refractivity (Wildman–Crippen MR) is 68.1 cm³/mol. The molecule has 1 heterocycles. The van der Waals surface area contributed by atoms with Gasteiger partial charge in [0.15, 0.2) is 0 Å². The van der Waals surface area contributed by atoms with Crippen molar-refractivity contribution in [3.63, 3.8) is 0 Å². The summed E-state index contributed by atoms with van der Waals surface area (Å²) in [5.41, 5.74) is 0.570. The van der Waals surface area contributed by atoms with Crippen LogP contribution >= 0.6 is 0 Å². The molecule has 1 fully saturated rings. The molecule has 1 aliphatic carbocycles. The van der Waals surface area contributed by atoms with Crippen molar-refractivity contribution in [2.75, 3.05) is 12.4 Å². The van der Waals surface area contributed by atoms with E-state index in [-0.39, 0.29) is 11.4 Å². The Hall–Kier alpha value is -1.58. The Morgan fingerprint density at radius 1 is 1.41 bits per heavy atom. The van der Waals surface area contributed by atoms with Gasteiger partial charge in [-0.3, -0.25) is 4.79 Å². The second-order valence-corrected chi connectivity index (χ2v) is 4.87. The molecular formula is C13H19N3O. The monoisotopic (exact) mass is 233 g/mol. The maximum atomic E-state index is 12.2. The molecule has 0 aliphatic heterocycles. The fourth-order valence-corrected chi connectivity index (χ4v) is 2.41. The van der Waals surface area contributed by atoms with Crippen molar-refractivity contribution < 1.29 is 4.79 Å². The van der Waals surface area contributed by atoms with Crippen LogP contribution in [0.1, 0.15) is 43.0 Å². The molecule has 1 saturated carbocycles. The molecule has 0 atom stereocenters. The molecule has 1 amide bonds. The van der Waals surface area contributed by atoms with Crippen LogP contribution in [0.5, 0.6) is 0 Å². The standard InChI is InChI=1S/C13H19N3O/c1-13(7-3-4-8-13)16-12(17)10-6-5-9-15-11(10)14-2/h5-6,9H,3-4,7-8H2,1-2H3,(H,14,15)(H,16,17). The van der Waals surface area contributed by atoms with Crippen LogP contribution < -0.4 is 10.6 Å². The molecule has 4 nitrogen and oxygen atoms in total.